The summed E-state index contributed by atoms with van der Waals surface area (Å²) in [7, 11) is 1.97. The summed E-state index contributed by atoms with van der Waals surface area (Å²) < 4.78 is 6.06. The summed E-state index contributed by atoms with van der Waals surface area (Å²) in [5, 5.41) is 9.49. The summed E-state index contributed by atoms with van der Waals surface area (Å²) in [4.78, 5) is 28.2. The Kier molecular flexibility index (Phi) is 8.07. The van der Waals surface area contributed by atoms with Crippen molar-refractivity contribution in [2.75, 3.05) is 43.4 Å². The number of aromatic nitrogens is 3. The van der Waals surface area contributed by atoms with E-state index in [1.165, 1.54) is 0 Å². The van der Waals surface area contributed by atoms with E-state index in [0.29, 0.717) is 30.0 Å². The number of nitrogens with one attached hydrogen (secondary N) is 3. The number of aryl methyl sites for hydroxylation is 1. The largest absolute Gasteiger partial charge is 0.459 e. The van der Waals surface area contributed by atoms with Gasteiger partial charge in [0.25, 0.3) is 5.91 Å². The number of rotatable bonds is 9. The van der Waals surface area contributed by atoms with Crippen molar-refractivity contribution in [2.24, 2.45) is 5.41 Å². The molecule has 1 amide bonds. The van der Waals surface area contributed by atoms with Gasteiger partial charge in [-0.25, -0.2) is 0 Å². The maximum Gasteiger partial charge on any atom is 0.323 e. The van der Waals surface area contributed by atoms with Gasteiger partial charge in [-0.1, -0.05) is 33.8 Å². The zero-order chi connectivity index (χ0) is 24.0. The third kappa shape index (κ3) is 7.28. The number of benzene rings is 1. The number of carbonyl (C=O) groups excluding carboxylic acids is 1. The van der Waals surface area contributed by atoms with Crippen LogP contribution in [0.15, 0.2) is 18.2 Å². The Bertz CT molecular complexity index is 952. The summed E-state index contributed by atoms with van der Waals surface area (Å²) in [5.41, 5.74) is 2.41. The Morgan fingerprint density at radius 2 is 2.06 bits per heavy atom. The standard InChI is InChI=1S/C24H37N7O2/c1-7-11-26-20(32)17-9-8-16(2)19(13-17)27-21-28-22(31(6)15-24(3,4)5)30-23(29-21)33-18-10-12-25-14-18/h8-9,13,18,25H,7,10-12,14-15H2,1-6H3,(H,26,32)(H,27,28,29,30)/t18-/m0/s1. The van der Waals surface area contributed by atoms with Crippen molar-refractivity contribution < 1.29 is 9.53 Å². The molecule has 9 heteroatoms. The molecule has 0 bridgehead atoms. The Balaban J connectivity index is 1.89. The third-order valence-corrected chi connectivity index (χ3v) is 5.22. The predicted molar refractivity (Wildman–Crippen MR) is 132 cm³/mol. The molecule has 180 valence electrons. The van der Waals surface area contributed by atoms with Crippen LogP contribution in [0.25, 0.3) is 0 Å². The lowest BCUT2D eigenvalue weighted by atomic mass is 9.96. The molecule has 1 saturated heterocycles. The van der Waals surface area contributed by atoms with E-state index in [9.17, 15) is 4.79 Å². The number of ether oxygens (including phenoxy) is 1. The van der Waals surface area contributed by atoms with Gasteiger partial charge in [0.15, 0.2) is 0 Å². The highest BCUT2D eigenvalue weighted by molar-refractivity contribution is 5.95. The summed E-state index contributed by atoms with van der Waals surface area (Å²) in [6.07, 6.45) is 1.83. The van der Waals surface area contributed by atoms with Crippen LogP contribution in [0.3, 0.4) is 0 Å². The molecule has 2 heterocycles. The lowest BCUT2D eigenvalue weighted by molar-refractivity contribution is 0.0953. The fraction of sp³-hybridized carbons (Fsp3) is 0.583. The molecular weight excluding hydrogens is 418 g/mol. The smallest absolute Gasteiger partial charge is 0.323 e. The first-order valence-electron chi connectivity index (χ1n) is 11.6. The van der Waals surface area contributed by atoms with Gasteiger partial charge in [-0.15, -0.1) is 0 Å². The van der Waals surface area contributed by atoms with Gasteiger partial charge in [-0.05, 0) is 49.4 Å². The molecule has 0 aliphatic carbocycles. The van der Waals surface area contributed by atoms with Crippen LogP contribution in [-0.4, -0.2) is 60.2 Å². The molecule has 0 radical (unpaired) electrons. The number of nitrogens with zero attached hydrogens (tertiary/aromatic N) is 4. The third-order valence-electron chi connectivity index (χ3n) is 5.22. The van der Waals surface area contributed by atoms with Crippen LogP contribution in [0.1, 0.15) is 56.5 Å². The topological polar surface area (TPSA) is 104 Å². The maximum atomic E-state index is 12.4. The summed E-state index contributed by atoms with van der Waals surface area (Å²) in [6.45, 7) is 13.6. The van der Waals surface area contributed by atoms with E-state index < -0.39 is 0 Å². The van der Waals surface area contributed by atoms with E-state index in [0.717, 1.165) is 43.7 Å². The normalized spacial score (nSPS) is 15.9. The number of carbonyl (C=O) groups is 1. The monoisotopic (exact) mass is 455 g/mol. The highest BCUT2D eigenvalue weighted by Gasteiger charge is 2.21. The van der Waals surface area contributed by atoms with Crippen molar-refractivity contribution in [3.8, 4) is 6.01 Å². The SMILES string of the molecule is CCCNC(=O)c1ccc(C)c(Nc2nc(O[C@H]3CCNC3)nc(N(C)CC(C)(C)C)n2)c1. The molecule has 0 unspecified atom stereocenters. The fourth-order valence-corrected chi connectivity index (χ4v) is 3.64. The van der Waals surface area contributed by atoms with E-state index in [4.69, 9.17) is 4.74 Å². The molecule has 3 N–H and O–H groups in total. The van der Waals surface area contributed by atoms with Gasteiger partial charge < -0.3 is 25.6 Å². The van der Waals surface area contributed by atoms with Gasteiger partial charge >= 0.3 is 6.01 Å². The second-order valence-corrected chi connectivity index (χ2v) is 9.80. The molecule has 1 aromatic heterocycles. The second-order valence-electron chi connectivity index (χ2n) is 9.80. The molecule has 1 aromatic carbocycles. The van der Waals surface area contributed by atoms with Gasteiger partial charge in [-0.2, -0.15) is 15.0 Å². The predicted octanol–water partition coefficient (Wildman–Crippen LogP) is 3.29. The van der Waals surface area contributed by atoms with E-state index in [2.05, 4.69) is 51.7 Å². The summed E-state index contributed by atoms with van der Waals surface area (Å²) in [6, 6.07) is 5.86. The molecule has 1 aliphatic rings. The first-order valence-corrected chi connectivity index (χ1v) is 11.6. The van der Waals surface area contributed by atoms with Crippen LogP contribution in [0, 0.1) is 12.3 Å². The average Bonchev–Trinajstić information content (AvgIpc) is 3.25. The van der Waals surface area contributed by atoms with Crippen molar-refractivity contribution in [3.63, 3.8) is 0 Å². The van der Waals surface area contributed by atoms with Crippen LogP contribution in [-0.2, 0) is 0 Å². The van der Waals surface area contributed by atoms with Gasteiger partial charge in [0.05, 0.1) is 0 Å². The van der Waals surface area contributed by atoms with E-state index in [1.54, 1.807) is 0 Å². The van der Waals surface area contributed by atoms with Crippen LogP contribution < -0.4 is 25.6 Å². The fourth-order valence-electron chi connectivity index (χ4n) is 3.64. The van der Waals surface area contributed by atoms with Crippen LogP contribution in [0.4, 0.5) is 17.6 Å². The van der Waals surface area contributed by atoms with Crippen molar-refractivity contribution in [3.05, 3.63) is 29.3 Å². The maximum absolute atomic E-state index is 12.4. The highest BCUT2D eigenvalue weighted by Crippen LogP contribution is 2.25. The van der Waals surface area contributed by atoms with Gasteiger partial charge in [-0.3, -0.25) is 4.79 Å². The number of hydrogen-bond donors (Lipinski definition) is 3. The molecule has 0 spiro atoms. The zero-order valence-corrected chi connectivity index (χ0v) is 20.7. The molecule has 33 heavy (non-hydrogen) atoms. The van der Waals surface area contributed by atoms with Crippen molar-refractivity contribution in [1.29, 1.82) is 0 Å². The highest BCUT2D eigenvalue weighted by atomic mass is 16.5. The number of amides is 1. The lowest BCUT2D eigenvalue weighted by Crippen LogP contribution is -2.31. The van der Waals surface area contributed by atoms with Gasteiger partial charge in [0, 0.05) is 37.9 Å². The van der Waals surface area contributed by atoms with E-state index in [1.807, 2.05) is 44.0 Å². The lowest BCUT2D eigenvalue weighted by Gasteiger charge is -2.27. The first kappa shape index (κ1) is 24.7. The molecule has 2 aromatic rings. The van der Waals surface area contributed by atoms with Crippen molar-refractivity contribution in [1.82, 2.24) is 25.6 Å². The number of anilines is 3. The van der Waals surface area contributed by atoms with Crippen LogP contribution in [0.2, 0.25) is 0 Å². The first-order chi connectivity index (χ1) is 15.6. The second kappa shape index (κ2) is 10.8. The van der Waals surface area contributed by atoms with Crippen molar-refractivity contribution in [2.45, 2.75) is 53.6 Å². The van der Waals surface area contributed by atoms with E-state index in [-0.39, 0.29) is 17.4 Å². The molecular formula is C24H37N7O2. The minimum Gasteiger partial charge on any atom is -0.459 e. The molecule has 3 rings (SSSR count). The Morgan fingerprint density at radius 3 is 2.73 bits per heavy atom. The Morgan fingerprint density at radius 1 is 1.27 bits per heavy atom. The molecule has 1 atom stereocenters. The van der Waals surface area contributed by atoms with Crippen LogP contribution in [0.5, 0.6) is 6.01 Å². The summed E-state index contributed by atoms with van der Waals surface area (Å²) >= 11 is 0. The number of hydrogen-bond acceptors (Lipinski definition) is 8. The quantitative estimate of drug-likeness (QED) is 0.529. The Hall–Kier alpha value is -2.94. The Labute approximate surface area is 196 Å². The van der Waals surface area contributed by atoms with Crippen molar-refractivity contribution >= 4 is 23.5 Å². The van der Waals surface area contributed by atoms with E-state index >= 15 is 0 Å². The summed E-state index contributed by atoms with van der Waals surface area (Å²) in [5.74, 6) is 0.827. The average molecular weight is 456 g/mol. The minimum absolute atomic E-state index is 0.0355. The molecule has 1 fully saturated rings. The van der Waals surface area contributed by atoms with Gasteiger partial charge in [0.2, 0.25) is 11.9 Å². The minimum atomic E-state index is -0.0982. The zero-order valence-electron chi connectivity index (χ0n) is 20.7. The molecule has 9 nitrogen and oxygen atoms in total. The molecule has 0 saturated carbocycles. The van der Waals surface area contributed by atoms with Crippen LogP contribution >= 0.6 is 0 Å². The molecule has 1 aliphatic heterocycles. The van der Waals surface area contributed by atoms with Gasteiger partial charge in [0.1, 0.15) is 6.10 Å².